The minimum absolute atomic E-state index is 0.0391. The standard InChI is InChI=1S/C19H21N7O3/c27-16(7-6-15-23-18(25-29-15)17-20-12-21-24-17)26-10-8-14(9-11-26)22-19(28)13-4-2-1-3-5-13/h1-5,12,14H,6-11H2,(H,22,28)(H,20,21,24). The van der Waals surface area contributed by atoms with E-state index in [9.17, 15) is 9.59 Å². The third-order valence-electron chi connectivity index (χ3n) is 4.87. The van der Waals surface area contributed by atoms with Gasteiger partial charge in [-0.2, -0.15) is 10.1 Å². The van der Waals surface area contributed by atoms with Crippen molar-refractivity contribution >= 4 is 11.8 Å². The first-order valence-corrected chi connectivity index (χ1v) is 9.51. The van der Waals surface area contributed by atoms with E-state index in [-0.39, 0.29) is 17.9 Å². The molecule has 1 fully saturated rings. The molecule has 1 aliphatic rings. The molecule has 0 saturated carbocycles. The Labute approximate surface area is 166 Å². The molecule has 29 heavy (non-hydrogen) atoms. The monoisotopic (exact) mass is 395 g/mol. The summed E-state index contributed by atoms with van der Waals surface area (Å²) in [7, 11) is 0. The summed E-state index contributed by atoms with van der Waals surface area (Å²) >= 11 is 0. The molecular weight excluding hydrogens is 374 g/mol. The third kappa shape index (κ3) is 4.65. The van der Waals surface area contributed by atoms with Crippen LogP contribution in [0.4, 0.5) is 0 Å². The van der Waals surface area contributed by atoms with E-state index in [0.717, 1.165) is 12.8 Å². The summed E-state index contributed by atoms with van der Waals surface area (Å²) in [4.78, 5) is 34.7. The van der Waals surface area contributed by atoms with Gasteiger partial charge in [0.2, 0.25) is 17.6 Å². The number of H-pyrrole nitrogens is 1. The van der Waals surface area contributed by atoms with Crippen LogP contribution < -0.4 is 5.32 Å². The summed E-state index contributed by atoms with van der Waals surface area (Å²) in [6, 6.07) is 9.22. The van der Waals surface area contributed by atoms with Crippen LogP contribution in [0.25, 0.3) is 11.6 Å². The van der Waals surface area contributed by atoms with E-state index in [2.05, 4.69) is 30.6 Å². The SMILES string of the molecule is O=C(NC1CCN(C(=O)CCc2nc(-c3ncn[nH]3)no2)CC1)c1ccccc1. The Balaban J connectivity index is 1.22. The second kappa shape index (κ2) is 8.63. The third-order valence-corrected chi connectivity index (χ3v) is 4.87. The number of nitrogens with zero attached hydrogens (tertiary/aromatic N) is 5. The molecule has 0 radical (unpaired) electrons. The minimum Gasteiger partial charge on any atom is -0.349 e. The van der Waals surface area contributed by atoms with Gasteiger partial charge in [-0.1, -0.05) is 23.4 Å². The van der Waals surface area contributed by atoms with E-state index in [4.69, 9.17) is 4.52 Å². The molecule has 150 valence electrons. The molecule has 1 saturated heterocycles. The molecule has 0 spiro atoms. The molecule has 2 amide bonds. The van der Waals surface area contributed by atoms with Gasteiger partial charge >= 0.3 is 0 Å². The predicted octanol–water partition coefficient (Wildman–Crippen LogP) is 1.21. The van der Waals surface area contributed by atoms with Crippen LogP contribution in [0.5, 0.6) is 0 Å². The largest absolute Gasteiger partial charge is 0.349 e. The van der Waals surface area contributed by atoms with Gasteiger partial charge in [0, 0.05) is 37.5 Å². The average Bonchev–Trinajstić information content (AvgIpc) is 3.45. The zero-order valence-corrected chi connectivity index (χ0v) is 15.7. The first-order valence-electron chi connectivity index (χ1n) is 9.51. The average molecular weight is 395 g/mol. The van der Waals surface area contributed by atoms with Crippen LogP contribution in [0, 0.1) is 0 Å². The van der Waals surface area contributed by atoms with Crippen molar-refractivity contribution in [2.24, 2.45) is 0 Å². The van der Waals surface area contributed by atoms with Gasteiger partial charge in [0.1, 0.15) is 6.33 Å². The minimum atomic E-state index is -0.0747. The molecule has 0 aliphatic carbocycles. The summed E-state index contributed by atoms with van der Waals surface area (Å²) in [5.41, 5.74) is 0.648. The number of carbonyl (C=O) groups excluding carboxylic acids is 2. The van der Waals surface area contributed by atoms with Crippen molar-refractivity contribution < 1.29 is 14.1 Å². The Morgan fingerprint density at radius 3 is 2.72 bits per heavy atom. The maximum absolute atomic E-state index is 12.5. The molecule has 1 aromatic carbocycles. The van der Waals surface area contributed by atoms with Crippen molar-refractivity contribution in [1.29, 1.82) is 0 Å². The Kier molecular flexibility index (Phi) is 5.59. The number of likely N-dealkylation sites (tertiary alicyclic amines) is 1. The lowest BCUT2D eigenvalue weighted by Gasteiger charge is -2.32. The van der Waals surface area contributed by atoms with Crippen LogP contribution in [0.3, 0.4) is 0 Å². The number of nitrogens with one attached hydrogen (secondary N) is 2. The van der Waals surface area contributed by atoms with Crippen molar-refractivity contribution in [3.8, 4) is 11.6 Å². The lowest BCUT2D eigenvalue weighted by atomic mass is 10.0. The number of aryl methyl sites for hydroxylation is 1. The lowest BCUT2D eigenvalue weighted by Crippen LogP contribution is -2.46. The van der Waals surface area contributed by atoms with Crippen LogP contribution in [-0.2, 0) is 11.2 Å². The second-order valence-corrected chi connectivity index (χ2v) is 6.84. The quantitative estimate of drug-likeness (QED) is 0.641. The molecule has 3 heterocycles. The van der Waals surface area contributed by atoms with Crippen LogP contribution in [0.2, 0.25) is 0 Å². The fourth-order valence-electron chi connectivity index (χ4n) is 3.27. The second-order valence-electron chi connectivity index (χ2n) is 6.84. The number of aromatic nitrogens is 5. The molecule has 4 rings (SSSR count). The maximum Gasteiger partial charge on any atom is 0.251 e. The van der Waals surface area contributed by atoms with Crippen LogP contribution >= 0.6 is 0 Å². The van der Waals surface area contributed by atoms with Crippen LogP contribution in [0.1, 0.15) is 35.5 Å². The van der Waals surface area contributed by atoms with E-state index in [1.54, 1.807) is 12.1 Å². The van der Waals surface area contributed by atoms with Gasteiger partial charge in [0.15, 0.2) is 5.82 Å². The van der Waals surface area contributed by atoms with E-state index in [1.807, 2.05) is 23.1 Å². The van der Waals surface area contributed by atoms with Gasteiger partial charge in [0.25, 0.3) is 5.91 Å². The van der Waals surface area contributed by atoms with Crippen LogP contribution in [0.15, 0.2) is 41.2 Å². The highest BCUT2D eigenvalue weighted by Gasteiger charge is 2.24. The highest BCUT2D eigenvalue weighted by Crippen LogP contribution is 2.15. The van der Waals surface area contributed by atoms with Crippen molar-refractivity contribution in [3.05, 3.63) is 48.1 Å². The van der Waals surface area contributed by atoms with Gasteiger partial charge in [-0.05, 0) is 25.0 Å². The summed E-state index contributed by atoms with van der Waals surface area (Å²) in [5.74, 6) is 1.09. The molecule has 10 nitrogen and oxygen atoms in total. The first-order chi connectivity index (χ1) is 14.2. The van der Waals surface area contributed by atoms with Crippen molar-refractivity contribution in [1.82, 2.24) is 35.5 Å². The molecular formula is C19H21N7O3. The van der Waals surface area contributed by atoms with E-state index in [0.29, 0.717) is 49.0 Å². The molecule has 0 bridgehead atoms. The predicted molar refractivity (Wildman–Crippen MR) is 102 cm³/mol. The Morgan fingerprint density at radius 2 is 2.00 bits per heavy atom. The van der Waals surface area contributed by atoms with Crippen molar-refractivity contribution in [2.45, 2.75) is 31.7 Å². The maximum atomic E-state index is 12.5. The Hall–Kier alpha value is -3.56. The number of benzene rings is 1. The van der Waals surface area contributed by atoms with Crippen molar-refractivity contribution in [2.75, 3.05) is 13.1 Å². The fourth-order valence-corrected chi connectivity index (χ4v) is 3.27. The fraction of sp³-hybridized carbons (Fsp3) is 0.368. The molecule has 1 aliphatic heterocycles. The molecule has 2 aromatic heterocycles. The summed E-state index contributed by atoms with van der Waals surface area (Å²) in [6.45, 7) is 1.23. The van der Waals surface area contributed by atoms with E-state index < -0.39 is 0 Å². The number of aromatic amines is 1. The van der Waals surface area contributed by atoms with Gasteiger partial charge < -0.3 is 14.7 Å². The molecule has 10 heteroatoms. The van der Waals surface area contributed by atoms with Crippen molar-refractivity contribution in [3.63, 3.8) is 0 Å². The van der Waals surface area contributed by atoms with E-state index in [1.165, 1.54) is 6.33 Å². The number of carbonyl (C=O) groups is 2. The molecule has 0 atom stereocenters. The molecule has 0 unspecified atom stereocenters. The van der Waals surface area contributed by atoms with Gasteiger partial charge in [-0.3, -0.25) is 14.7 Å². The summed E-state index contributed by atoms with van der Waals surface area (Å²) in [6.07, 6.45) is 3.49. The molecule has 3 aromatic rings. The van der Waals surface area contributed by atoms with Crippen LogP contribution in [-0.4, -0.2) is 61.2 Å². The first kappa shape index (κ1) is 18.8. The smallest absolute Gasteiger partial charge is 0.251 e. The highest BCUT2D eigenvalue weighted by atomic mass is 16.5. The normalized spacial score (nSPS) is 14.7. The summed E-state index contributed by atoms with van der Waals surface area (Å²) in [5, 5.41) is 13.3. The zero-order chi connectivity index (χ0) is 20.1. The highest BCUT2D eigenvalue weighted by molar-refractivity contribution is 5.94. The summed E-state index contributed by atoms with van der Waals surface area (Å²) < 4.78 is 5.16. The van der Waals surface area contributed by atoms with Gasteiger partial charge in [-0.25, -0.2) is 4.98 Å². The lowest BCUT2D eigenvalue weighted by molar-refractivity contribution is -0.132. The Morgan fingerprint density at radius 1 is 1.21 bits per heavy atom. The number of hydrogen-bond acceptors (Lipinski definition) is 7. The number of hydrogen-bond donors (Lipinski definition) is 2. The Bertz CT molecular complexity index is 947. The van der Waals surface area contributed by atoms with E-state index >= 15 is 0 Å². The number of rotatable bonds is 6. The van der Waals surface area contributed by atoms with Gasteiger partial charge in [-0.15, -0.1) is 0 Å². The van der Waals surface area contributed by atoms with Gasteiger partial charge in [0.05, 0.1) is 0 Å². The molecule has 2 N–H and O–H groups in total. The number of amides is 2. The number of piperidine rings is 1. The zero-order valence-electron chi connectivity index (χ0n) is 15.7. The topological polar surface area (TPSA) is 130 Å².